The molecule has 4 nitrogen and oxygen atoms in total. The average Bonchev–Trinajstić information content (AvgIpc) is 2.76. The minimum absolute atomic E-state index is 0.0394. The van der Waals surface area contributed by atoms with E-state index in [2.05, 4.69) is 35.5 Å². The van der Waals surface area contributed by atoms with E-state index < -0.39 is 0 Å². The number of carbonyl (C=O) groups excluding carboxylic acids is 1. The molecule has 0 aliphatic heterocycles. The molecule has 0 aliphatic rings. The molecular weight excluding hydrogens is 238 g/mol. The van der Waals surface area contributed by atoms with Crippen molar-refractivity contribution in [3.05, 3.63) is 47.8 Å². The van der Waals surface area contributed by atoms with E-state index in [9.17, 15) is 4.79 Å². The Morgan fingerprint density at radius 2 is 2.26 bits per heavy atom. The zero-order valence-corrected chi connectivity index (χ0v) is 11.4. The van der Waals surface area contributed by atoms with Crippen LogP contribution in [0.25, 0.3) is 0 Å². The van der Waals surface area contributed by atoms with Gasteiger partial charge in [0.1, 0.15) is 0 Å². The maximum absolute atomic E-state index is 11.5. The van der Waals surface area contributed by atoms with E-state index in [1.54, 1.807) is 6.20 Å². The summed E-state index contributed by atoms with van der Waals surface area (Å²) in [4.78, 5) is 11.5. The van der Waals surface area contributed by atoms with E-state index in [-0.39, 0.29) is 5.91 Å². The van der Waals surface area contributed by atoms with Crippen molar-refractivity contribution in [1.82, 2.24) is 9.78 Å². The van der Waals surface area contributed by atoms with E-state index in [1.807, 2.05) is 23.9 Å². The van der Waals surface area contributed by atoms with Gasteiger partial charge in [-0.1, -0.05) is 36.8 Å². The first-order chi connectivity index (χ1) is 9.17. The van der Waals surface area contributed by atoms with Gasteiger partial charge in [0.05, 0.1) is 18.4 Å². The highest BCUT2D eigenvalue weighted by Gasteiger charge is 2.04. The lowest BCUT2D eigenvalue weighted by Crippen LogP contribution is -2.09. The number of hydrogen-bond acceptors (Lipinski definition) is 2. The number of nitrogens with zero attached hydrogens (tertiary/aromatic N) is 2. The van der Waals surface area contributed by atoms with Crippen LogP contribution in [-0.4, -0.2) is 15.7 Å². The van der Waals surface area contributed by atoms with Gasteiger partial charge in [-0.15, -0.1) is 0 Å². The van der Waals surface area contributed by atoms with Gasteiger partial charge in [0.25, 0.3) is 0 Å². The van der Waals surface area contributed by atoms with Crippen LogP contribution in [0.5, 0.6) is 0 Å². The molecule has 0 unspecified atom stereocenters. The summed E-state index contributed by atoms with van der Waals surface area (Å²) in [5.41, 5.74) is 3.20. The van der Waals surface area contributed by atoms with Gasteiger partial charge in [0.15, 0.2) is 0 Å². The van der Waals surface area contributed by atoms with Crippen molar-refractivity contribution in [3.8, 4) is 0 Å². The van der Waals surface area contributed by atoms with Crippen molar-refractivity contribution >= 4 is 11.6 Å². The van der Waals surface area contributed by atoms with Crippen LogP contribution >= 0.6 is 0 Å². The maximum atomic E-state index is 11.5. The molecule has 19 heavy (non-hydrogen) atoms. The number of nitrogens with one attached hydrogen (secondary N) is 1. The summed E-state index contributed by atoms with van der Waals surface area (Å²) >= 11 is 0. The normalized spacial score (nSPS) is 10.4. The Bertz CT molecular complexity index is 560. The summed E-state index contributed by atoms with van der Waals surface area (Å²) in [6, 6.07) is 8.32. The average molecular weight is 257 g/mol. The number of carbonyl (C=O) groups is 1. The topological polar surface area (TPSA) is 46.9 Å². The van der Waals surface area contributed by atoms with Crippen molar-refractivity contribution in [2.24, 2.45) is 0 Å². The molecule has 0 saturated carbocycles. The second-order valence-electron chi connectivity index (χ2n) is 4.71. The lowest BCUT2D eigenvalue weighted by molar-refractivity contribution is -0.116. The Hall–Kier alpha value is -2.10. The number of aromatic nitrogens is 2. The van der Waals surface area contributed by atoms with Gasteiger partial charge in [-0.3, -0.25) is 9.48 Å². The van der Waals surface area contributed by atoms with E-state index in [0.717, 1.165) is 12.1 Å². The minimum Gasteiger partial charge on any atom is -0.323 e. The Balaban J connectivity index is 1.99. The molecular formula is C15H19N3O. The predicted octanol–water partition coefficient (Wildman–Crippen LogP) is 2.98. The fraction of sp³-hybridized carbons (Fsp3) is 0.333. The monoisotopic (exact) mass is 257 g/mol. The molecule has 0 saturated heterocycles. The summed E-state index contributed by atoms with van der Waals surface area (Å²) in [5.74, 6) is 0.0394. The number of aryl methyl sites for hydroxylation is 1. The standard InChI is InChI=1S/C15H19N3O/c1-3-5-15(19)17-14-9-16-18(11-14)10-13-7-4-6-12(2)8-13/h4,6-9,11H,3,5,10H2,1-2H3,(H,17,19). The van der Waals surface area contributed by atoms with E-state index in [0.29, 0.717) is 13.0 Å². The van der Waals surface area contributed by atoms with Crippen LogP contribution in [0.3, 0.4) is 0 Å². The first-order valence-corrected chi connectivity index (χ1v) is 6.55. The summed E-state index contributed by atoms with van der Waals surface area (Å²) in [6.07, 6.45) is 4.94. The van der Waals surface area contributed by atoms with Crippen LogP contribution in [0, 0.1) is 6.92 Å². The van der Waals surface area contributed by atoms with Gasteiger partial charge in [-0.25, -0.2) is 0 Å². The molecule has 0 fully saturated rings. The molecule has 1 heterocycles. The molecule has 1 N–H and O–H groups in total. The lowest BCUT2D eigenvalue weighted by atomic mass is 10.1. The second-order valence-corrected chi connectivity index (χ2v) is 4.71. The zero-order valence-electron chi connectivity index (χ0n) is 11.4. The molecule has 0 atom stereocenters. The second kappa shape index (κ2) is 6.18. The third-order valence-electron chi connectivity index (χ3n) is 2.82. The van der Waals surface area contributed by atoms with Gasteiger partial charge in [0, 0.05) is 12.6 Å². The van der Waals surface area contributed by atoms with Crippen LogP contribution in [0.15, 0.2) is 36.7 Å². The van der Waals surface area contributed by atoms with Gasteiger partial charge >= 0.3 is 0 Å². The fourth-order valence-electron chi connectivity index (χ4n) is 1.96. The summed E-state index contributed by atoms with van der Waals surface area (Å²) in [5, 5.41) is 7.09. The summed E-state index contributed by atoms with van der Waals surface area (Å²) < 4.78 is 1.83. The predicted molar refractivity (Wildman–Crippen MR) is 76.0 cm³/mol. The number of amides is 1. The quantitative estimate of drug-likeness (QED) is 0.895. The molecule has 0 aliphatic carbocycles. The van der Waals surface area contributed by atoms with Crippen LogP contribution in [0.4, 0.5) is 5.69 Å². The van der Waals surface area contributed by atoms with Crippen LogP contribution in [0.2, 0.25) is 0 Å². The van der Waals surface area contributed by atoms with Gasteiger partial charge in [-0.2, -0.15) is 5.10 Å². The fourth-order valence-corrected chi connectivity index (χ4v) is 1.96. The van der Waals surface area contributed by atoms with E-state index >= 15 is 0 Å². The van der Waals surface area contributed by atoms with Crippen LogP contribution in [0.1, 0.15) is 30.9 Å². The lowest BCUT2D eigenvalue weighted by Gasteiger charge is -2.03. The molecule has 0 bridgehead atoms. The molecule has 2 aromatic rings. The van der Waals surface area contributed by atoms with Crippen molar-refractivity contribution in [3.63, 3.8) is 0 Å². The Morgan fingerprint density at radius 1 is 1.42 bits per heavy atom. The highest BCUT2D eigenvalue weighted by Crippen LogP contribution is 2.10. The van der Waals surface area contributed by atoms with Crippen LogP contribution < -0.4 is 5.32 Å². The highest BCUT2D eigenvalue weighted by molar-refractivity contribution is 5.90. The SMILES string of the molecule is CCCC(=O)Nc1cnn(Cc2cccc(C)c2)c1. The molecule has 1 amide bonds. The Morgan fingerprint density at radius 3 is 3.00 bits per heavy atom. The first kappa shape index (κ1) is 13.3. The third-order valence-corrected chi connectivity index (χ3v) is 2.82. The van der Waals surface area contributed by atoms with E-state index in [1.165, 1.54) is 11.1 Å². The highest BCUT2D eigenvalue weighted by atomic mass is 16.1. The van der Waals surface area contributed by atoms with Crippen LogP contribution in [-0.2, 0) is 11.3 Å². The maximum Gasteiger partial charge on any atom is 0.224 e. The number of rotatable bonds is 5. The molecule has 4 heteroatoms. The summed E-state index contributed by atoms with van der Waals surface area (Å²) in [6.45, 7) is 4.77. The molecule has 0 radical (unpaired) electrons. The van der Waals surface area contributed by atoms with Crippen molar-refractivity contribution in [2.75, 3.05) is 5.32 Å². The zero-order chi connectivity index (χ0) is 13.7. The van der Waals surface area contributed by atoms with Crippen molar-refractivity contribution in [1.29, 1.82) is 0 Å². The third kappa shape index (κ3) is 3.95. The number of benzene rings is 1. The molecule has 100 valence electrons. The van der Waals surface area contributed by atoms with Crippen molar-refractivity contribution < 1.29 is 4.79 Å². The Labute approximate surface area is 113 Å². The first-order valence-electron chi connectivity index (χ1n) is 6.55. The minimum atomic E-state index is 0.0394. The Kier molecular flexibility index (Phi) is 4.34. The van der Waals surface area contributed by atoms with Crippen molar-refractivity contribution in [2.45, 2.75) is 33.2 Å². The van der Waals surface area contributed by atoms with Gasteiger partial charge < -0.3 is 5.32 Å². The molecule has 2 rings (SSSR count). The number of anilines is 1. The number of hydrogen-bond donors (Lipinski definition) is 1. The summed E-state index contributed by atoms with van der Waals surface area (Å²) in [7, 11) is 0. The largest absolute Gasteiger partial charge is 0.323 e. The van der Waals surface area contributed by atoms with Gasteiger partial charge in [0.2, 0.25) is 5.91 Å². The van der Waals surface area contributed by atoms with E-state index in [4.69, 9.17) is 0 Å². The smallest absolute Gasteiger partial charge is 0.224 e. The molecule has 1 aromatic heterocycles. The molecule has 1 aromatic carbocycles. The molecule has 0 spiro atoms. The van der Waals surface area contributed by atoms with Gasteiger partial charge in [-0.05, 0) is 18.9 Å².